The van der Waals surface area contributed by atoms with Crippen molar-refractivity contribution < 1.29 is 12.6 Å². The molecule has 0 rings (SSSR count). The molecule has 0 heterocycles. The Kier molecular flexibility index (Phi) is 4.24. The highest BCUT2D eigenvalue weighted by molar-refractivity contribution is 7.86. The van der Waals surface area contributed by atoms with Crippen molar-refractivity contribution >= 4 is 21.7 Å². The van der Waals surface area contributed by atoms with E-state index >= 15 is 0 Å². The Hall–Kier alpha value is 0.200. The molecule has 1 atom stereocenters. The van der Waals surface area contributed by atoms with Crippen LogP contribution in [0.2, 0.25) is 0 Å². The van der Waals surface area contributed by atoms with Crippen LogP contribution in [0.25, 0.3) is 0 Å². The smallest absolute Gasteiger partial charge is 0.251 e. The minimum Gasteiger partial charge on any atom is -0.251 e. The minimum absolute atomic E-state index is 0.0315. The molecule has 0 spiro atoms. The van der Waals surface area contributed by atoms with E-state index in [0.29, 0.717) is 6.42 Å². The van der Waals surface area contributed by atoms with Gasteiger partial charge in [0.1, 0.15) is 5.56 Å². The molecule has 0 aromatic carbocycles. The highest BCUT2D eigenvalue weighted by atomic mass is 35.5. The Labute approximate surface area is 66.5 Å². The van der Waals surface area contributed by atoms with Gasteiger partial charge in [0.25, 0.3) is 10.1 Å². The quantitative estimate of drug-likeness (QED) is 0.492. The fourth-order valence-corrected chi connectivity index (χ4v) is 1.22. The van der Waals surface area contributed by atoms with Crippen LogP contribution in [-0.4, -0.2) is 19.7 Å². The first-order chi connectivity index (χ1) is 4.52. The Balaban J connectivity index is 3.90. The lowest BCUT2D eigenvalue weighted by atomic mass is 10.5. The third kappa shape index (κ3) is 4.09. The second kappa shape index (κ2) is 4.16. The van der Waals surface area contributed by atoms with E-state index in [2.05, 4.69) is 4.18 Å². The van der Waals surface area contributed by atoms with Crippen LogP contribution < -0.4 is 0 Å². The van der Waals surface area contributed by atoms with Gasteiger partial charge in [-0.25, -0.2) is 0 Å². The summed E-state index contributed by atoms with van der Waals surface area (Å²) in [6.07, 6.45) is 0.487. The molecule has 0 saturated carbocycles. The first-order valence-electron chi connectivity index (χ1n) is 3.07. The minimum atomic E-state index is -3.36. The summed E-state index contributed by atoms with van der Waals surface area (Å²) in [5.41, 5.74) is -0.718. The molecule has 10 heavy (non-hydrogen) atoms. The summed E-state index contributed by atoms with van der Waals surface area (Å²) in [5.74, 6) is -0.0315. The van der Waals surface area contributed by atoms with Gasteiger partial charge in [0.05, 0.1) is 5.75 Å². The highest BCUT2D eigenvalue weighted by Gasteiger charge is 2.12. The van der Waals surface area contributed by atoms with Gasteiger partial charge < -0.3 is 0 Å². The summed E-state index contributed by atoms with van der Waals surface area (Å²) >= 11 is 5.43. The van der Waals surface area contributed by atoms with Crippen molar-refractivity contribution in [3.63, 3.8) is 0 Å². The van der Waals surface area contributed by atoms with Crippen molar-refractivity contribution in [1.29, 1.82) is 0 Å². The molecule has 0 aliphatic rings. The Bertz CT molecular complexity index is 175. The Morgan fingerprint density at radius 1 is 1.50 bits per heavy atom. The van der Waals surface area contributed by atoms with E-state index in [-0.39, 0.29) is 5.75 Å². The zero-order valence-corrected chi connectivity index (χ0v) is 7.57. The van der Waals surface area contributed by atoms with Gasteiger partial charge in [-0.2, -0.15) is 8.42 Å². The predicted molar refractivity (Wildman–Crippen MR) is 40.5 cm³/mol. The number of alkyl halides is 1. The molecule has 5 heteroatoms. The molecule has 0 saturated heterocycles. The first kappa shape index (κ1) is 10.2. The molecule has 0 N–H and O–H groups in total. The van der Waals surface area contributed by atoms with E-state index in [9.17, 15) is 8.42 Å². The fraction of sp³-hybridized carbons (Fsp3) is 1.00. The van der Waals surface area contributed by atoms with Crippen LogP contribution in [0.1, 0.15) is 20.3 Å². The first-order valence-corrected chi connectivity index (χ1v) is 5.08. The Morgan fingerprint density at radius 3 is 2.30 bits per heavy atom. The van der Waals surface area contributed by atoms with Gasteiger partial charge in [-0.3, -0.25) is 4.18 Å². The molecule has 0 aliphatic heterocycles. The molecule has 0 aliphatic carbocycles. The monoisotopic (exact) mass is 186 g/mol. The molecule has 0 amide bonds. The van der Waals surface area contributed by atoms with E-state index < -0.39 is 15.7 Å². The second-order valence-corrected chi connectivity index (χ2v) is 4.13. The molecule has 1 unspecified atom stereocenters. The molecular weight excluding hydrogens is 176 g/mol. The van der Waals surface area contributed by atoms with E-state index in [4.69, 9.17) is 11.6 Å². The van der Waals surface area contributed by atoms with E-state index in [1.54, 1.807) is 6.92 Å². The van der Waals surface area contributed by atoms with Gasteiger partial charge in [-0.1, -0.05) is 18.5 Å². The van der Waals surface area contributed by atoms with E-state index in [0.717, 1.165) is 0 Å². The summed E-state index contributed by atoms with van der Waals surface area (Å²) in [6, 6.07) is 0. The lowest BCUT2D eigenvalue weighted by Crippen LogP contribution is -2.13. The second-order valence-electron chi connectivity index (χ2n) is 1.76. The number of rotatable bonds is 4. The van der Waals surface area contributed by atoms with Crippen molar-refractivity contribution in [2.75, 3.05) is 5.75 Å². The fourth-order valence-electron chi connectivity index (χ4n) is 0.295. The van der Waals surface area contributed by atoms with Gasteiger partial charge in [-0.15, -0.1) is 0 Å². The van der Waals surface area contributed by atoms with Crippen molar-refractivity contribution in [3.05, 3.63) is 0 Å². The molecular formula is C5H11ClO3S. The van der Waals surface area contributed by atoms with E-state index in [1.807, 2.05) is 0 Å². The van der Waals surface area contributed by atoms with Gasteiger partial charge >= 0.3 is 0 Å². The Morgan fingerprint density at radius 2 is 2.00 bits per heavy atom. The lowest BCUT2D eigenvalue weighted by molar-refractivity contribution is 0.282. The standard InChI is InChI=1S/C5H11ClO3S/c1-3-5(6)9-10(7,8)4-2/h5H,3-4H2,1-2H3. The van der Waals surface area contributed by atoms with Gasteiger partial charge in [-0.05, 0) is 13.3 Å². The van der Waals surface area contributed by atoms with Crippen LogP contribution in [0.4, 0.5) is 0 Å². The summed E-state index contributed by atoms with van der Waals surface area (Å²) < 4.78 is 25.8. The zero-order valence-electron chi connectivity index (χ0n) is 6.00. The summed E-state index contributed by atoms with van der Waals surface area (Å²) in [6.45, 7) is 3.26. The molecule has 0 fully saturated rings. The van der Waals surface area contributed by atoms with Gasteiger partial charge in [0.15, 0.2) is 0 Å². The topological polar surface area (TPSA) is 43.4 Å². The van der Waals surface area contributed by atoms with Crippen molar-refractivity contribution in [2.45, 2.75) is 25.8 Å². The molecule has 0 radical (unpaired) electrons. The van der Waals surface area contributed by atoms with Crippen LogP contribution in [0, 0.1) is 0 Å². The predicted octanol–water partition coefficient (Wildman–Crippen LogP) is 1.33. The molecule has 0 bridgehead atoms. The van der Waals surface area contributed by atoms with Crippen LogP contribution in [0.15, 0.2) is 0 Å². The zero-order chi connectivity index (χ0) is 8.20. The average Bonchev–Trinajstić information content (AvgIpc) is 1.87. The third-order valence-electron chi connectivity index (χ3n) is 0.926. The van der Waals surface area contributed by atoms with Crippen molar-refractivity contribution in [3.8, 4) is 0 Å². The summed E-state index contributed by atoms with van der Waals surface area (Å²) in [4.78, 5) is 0. The SMILES string of the molecule is CCC(Cl)OS(=O)(=O)CC. The maximum atomic E-state index is 10.7. The maximum Gasteiger partial charge on any atom is 0.268 e. The number of halogens is 1. The van der Waals surface area contributed by atoms with Crippen LogP contribution in [-0.2, 0) is 14.3 Å². The normalized spacial score (nSPS) is 15.1. The van der Waals surface area contributed by atoms with Crippen molar-refractivity contribution in [2.24, 2.45) is 0 Å². The third-order valence-corrected chi connectivity index (χ3v) is 2.66. The maximum absolute atomic E-state index is 10.7. The van der Waals surface area contributed by atoms with Gasteiger partial charge in [0, 0.05) is 0 Å². The van der Waals surface area contributed by atoms with E-state index in [1.165, 1.54) is 6.92 Å². The number of hydrogen-bond donors (Lipinski definition) is 0. The summed E-state index contributed by atoms with van der Waals surface area (Å²) in [7, 11) is -3.36. The largest absolute Gasteiger partial charge is 0.268 e. The van der Waals surface area contributed by atoms with Crippen LogP contribution in [0.3, 0.4) is 0 Å². The highest BCUT2D eigenvalue weighted by Crippen LogP contribution is 2.07. The van der Waals surface area contributed by atoms with Gasteiger partial charge in [0.2, 0.25) is 0 Å². The average molecular weight is 187 g/mol. The van der Waals surface area contributed by atoms with Crippen LogP contribution >= 0.6 is 11.6 Å². The molecule has 0 aromatic rings. The number of hydrogen-bond acceptors (Lipinski definition) is 3. The summed E-state index contributed by atoms with van der Waals surface area (Å²) in [5, 5.41) is 0. The van der Waals surface area contributed by atoms with Crippen LogP contribution in [0.5, 0.6) is 0 Å². The van der Waals surface area contributed by atoms with Crippen molar-refractivity contribution in [1.82, 2.24) is 0 Å². The molecule has 0 aromatic heterocycles. The lowest BCUT2D eigenvalue weighted by Gasteiger charge is -2.06. The molecule has 62 valence electrons. The molecule has 3 nitrogen and oxygen atoms in total.